The van der Waals surface area contributed by atoms with E-state index in [4.69, 9.17) is 4.74 Å². The number of aromatic hydroxyl groups is 2. The van der Waals surface area contributed by atoms with Crippen LogP contribution in [0.25, 0.3) is 11.1 Å². The largest absolute Gasteiger partial charge is 0.504 e. The van der Waals surface area contributed by atoms with Crippen molar-refractivity contribution in [3.63, 3.8) is 0 Å². The van der Waals surface area contributed by atoms with Gasteiger partial charge in [0.25, 0.3) is 0 Å². The summed E-state index contributed by atoms with van der Waals surface area (Å²) in [4.78, 5) is 2.34. The molecule has 0 bridgehead atoms. The van der Waals surface area contributed by atoms with Crippen molar-refractivity contribution in [1.82, 2.24) is 4.90 Å². The molecule has 0 saturated heterocycles. The van der Waals surface area contributed by atoms with Gasteiger partial charge in [0, 0.05) is 24.6 Å². The van der Waals surface area contributed by atoms with Gasteiger partial charge in [0.05, 0.1) is 13.3 Å². The molecular formula is C20H22FNO3. The minimum atomic E-state index is -0.401. The Morgan fingerprint density at radius 3 is 2.88 bits per heavy atom. The third-order valence-electron chi connectivity index (χ3n) is 5.31. The second-order valence-electron chi connectivity index (χ2n) is 6.85. The Balaban J connectivity index is 1.88. The molecule has 2 N–H and O–H groups in total. The number of phenols is 2. The number of benzene rings is 2. The Hall–Kier alpha value is -2.27. The van der Waals surface area contributed by atoms with E-state index in [0.29, 0.717) is 24.3 Å². The highest BCUT2D eigenvalue weighted by molar-refractivity contribution is 5.83. The Morgan fingerprint density at radius 1 is 1.24 bits per heavy atom. The molecule has 132 valence electrons. The molecule has 1 unspecified atom stereocenters. The van der Waals surface area contributed by atoms with Gasteiger partial charge in [-0.3, -0.25) is 9.29 Å². The van der Waals surface area contributed by atoms with Crippen molar-refractivity contribution in [2.75, 3.05) is 26.9 Å². The Kier molecular flexibility index (Phi) is 4.04. The van der Waals surface area contributed by atoms with Crippen LogP contribution in [0.5, 0.6) is 17.2 Å². The van der Waals surface area contributed by atoms with Gasteiger partial charge >= 0.3 is 0 Å². The van der Waals surface area contributed by atoms with Crippen LogP contribution in [0.15, 0.2) is 24.3 Å². The highest BCUT2D eigenvalue weighted by Crippen LogP contribution is 2.51. The first kappa shape index (κ1) is 16.2. The lowest BCUT2D eigenvalue weighted by molar-refractivity contribution is 0.227. The summed E-state index contributed by atoms with van der Waals surface area (Å²) >= 11 is 0. The maximum atomic E-state index is 12.4. The molecule has 2 aliphatic rings. The number of likely N-dealkylation sites (N-methyl/N-ethyl adjacent to an activating group) is 1. The molecule has 4 nitrogen and oxygen atoms in total. The molecule has 1 aliphatic heterocycles. The summed E-state index contributed by atoms with van der Waals surface area (Å²) in [6.45, 7) is 0.892. The van der Waals surface area contributed by atoms with Crippen molar-refractivity contribution in [2.45, 2.75) is 25.3 Å². The minimum absolute atomic E-state index is 0.0766. The van der Waals surface area contributed by atoms with Crippen LogP contribution in [0, 0.1) is 0 Å². The zero-order chi connectivity index (χ0) is 17.6. The van der Waals surface area contributed by atoms with Crippen LogP contribution >= 0.6 is 0 Å². The summed E-state index contributed by atoms with van der Waals surface area (Å²) in [6.07, 6.45) is 2.08. The predicted molar refractivity (Wildman–Crippen MR) is 94.1 cm³/mol. The molecule has 0 spiro atoms. The molecule has 0 fully saturated rings. The van der Waals surface area contributed by atoms with Crippen LogP contribution in [0.3, 0.4) is 0 Å². The van der Waals surface area contributed by atoms with Crippen LogP contribution in [0.1, 0.15) is 29.2 Å². The van der Waals surface area contributed by atoms with Crippen molar-refractivity contribution < 1.29 is 19.3 Å². The smallest absolute Gasteiger partial charge is 0.165 e. The number of nitrogens with zero attached hydrogens (tertiary/aromatic N) is 1. The SMILES string of the molecule is CN1CCc2cc(OCCCF)cc3c2C1Cc1ccc(O)c(O)c1-3. The Labute approximate surface area is 146 Å². The quantitative estimate of drug-likeness (QED) is 0.658. The van der Waals surface area contributed by atoms with Crippen LogP contribution in [-0.4, -0.2) is 42.0 Å². The minimum Gasteiger partial charge on any atom is -0.504 e. The summed E-state index contributed by atoms with van der Waals surface area (Å²) in [6, 6.07) is 7.65. The number of hydrogen-bond donors (Lipinski definition) is 2. The van der Waals surface area contributed by atoms with Gasteiger partial charge in [-0.15, -0.1) is 0 Å². The number of ether oxygens (including phenoxy) is 1. The average Bonchev–Trinajstić information content (AvgIpc) is 2.61. The second-order valence-corrected chi connectivity index (χ2v) is 6.85. The summed E-state index contributed by atoms with van der Waals surface area (Å²) < 4.78 is 18.1. The third kappa shape index (κ3) is 2.63. The number of fused-ring (bicyclic) bond motifs is 2. The first-order chi connectivity index (χ1) is 12.1. The van der Waals surface area contributed by atoms with Crippen LogP contribution in [0.2, 0.25) is 0 Å². The predicted octanol–water partition coefficient (Wildman–Crippen LogP) is 3.59. The molecule has 1 heterocycles. The highest BCUT2D eigenvalue weighted by Gasteiger charge is 2.35. The van der Waals surface area contributed by atoms with Crippen molar-refractivity contribution in [2.24, 2.45) is 0 Å². The number of rotatable bonds is 4. The molecule has 4 rings (SSSR count). The van der Waals surface area contributed by atoms with Gasteiger partial charge in [0.15, 0.2) is 11.5 Å². The molecule has 0 aromatic heterocycles. The van der Waals surface area contributed by atoms with Gasteiger partial charge in [-0.05, 0) is 60.3 Å². The second kappa shape index (κ2) is 6.23. The fourth-order valence-corrected chi connectivity index (χ4v) is 4.05. The lowest BCUT2D eigenvalue weighted by Gasteiger charge is -2.40. The molecule has 0 saturated carbocycles. The fourth-order valence-electron chi connectivity index (χ4n) is 4.05. The van der Waals surface area contributed by atoms with Crippen LogP contribution in [0.4, 0.5) is 4.39 Å². The molecule has 1 aliphatic carbocycles. The lowest BCUT2D eigenvalue weighted by atomic mass is 9.76. The maximum absolute atomic E-state index is 12.4. The molecule has 2 aromatic rings. The molecule has 5 heteroatoms. The molecular weight excluding hydrogens is 321 g/mol. The van der Waals surface area contributed by atoms with Gasteiger partial charge < -0.3 is 14.9 Å². The highest BCUT2D eigenvalue weighted by atomic mass is 19.1. The first-order valence-electron chi connectivity index (χ1n) is 8.70. The summed E-state index contributed by atoms with van der Waals surface area (Å²) in [7, 11) is 2.12. The van der Waals surface area contributed by atoms with E-state index >= 15 is 0 Å². The summed E-state index contributed by atoms with van der Waals surface area (Å²) in [5, 5.41) is 20.4. The fraction of sp³-hybridized carbons (Fsp3) is 0.400. The molecule has 0 radical (unpaired) electrons. The average molecular weight is 343 g/mol. The standard InChI is InChI=1S/C20H22FNO3/c1-22-7-5-13-9-14(25-8-2-6-21)11-15-18(13)16(22)10-12-3-4-17(23)20(24)19(12)15/h3-4,9,11,16,23-24H,2,5-8,10H2,1H3. The first-order valence-corrected chi connectivity index (χ1v) is 8.70. The van der Waals surface area contributed by atoms with E-state index in [9.17, 15) is 14.6 Å². The number of hydrogen-bond acceptors (Lipinski definition) is 4. The summed E-state index contributed by atoms with van der Waals surface area (Å²) in [5.41, 5.74) is 5.05. The van der Waals surface area contributed by atoms with E-state index in [1.54, 1.807) is 6.07 Å². The van der Waals surface area contributed by atoms with E-state index in [-0.39, 0.29) is 17.5 Å². The van der Waals surface area contributed by atoms with Crippen molar-refractivity contribution >= 4 is 0 Å². The number of alkyl halides is 1. The van der Waals surface area contributed by atoms with Crippen molar-refractivity contribution in [3.05, 3.63) is 41.0 Å². The Bertz CT molecular complexity index is 821. The van der Waals surface area contributed by atoms with E-state index in [2.05, 4.69) is 11.9 Å². The van der Waals surface area contributed by atoms with Crippen molar-refractivity contribution in [1.29, 1.82) is 0 Å². The van der Waals surface area contributed by atoms with Crippen molar-refractivity contribution in [3.8, 4) is 28.4 Å². The zero-order valence-electron chi connectivity index (χ0n) is 14.3. The van der Waals surface area contributed by atoms with E-state index in [1.807, 2.05) is 18.2 Å². The maximum Gasteiger partial charge on any atom is 0.165 e. The monoisotopic (exact) mass is 343 g/mol. The van der Waals surface area contributed by atoms with Crippen LogP contribution in [-0.2, 0) is 12.8 Å². The zero-order valence-corrected chi connectivity index (χ0v) is 14.3. The number of phenolic OH excluding ortho intramolecular Hbond substituents is 2. The summed E-state index contributed by atoms with van der Waals surface area (Å²) in [5.74, 6) is 0.507. The molecule has 0 amide bonds. The van der Waals surface area contributed by atoms with Gasteiger partial charge in [-0.25, -0.2) is 0 Å². The van der Waals surface area contributed by atoms with Gasteiger partial charge in [-0.2, -0.15) is 0 Å². The lowest BCUT2D eigenvalue weighted by Crippen LogP contribution is -2.35. The van der Waals surface area contributed by atoms with E-state index < -0.39 is 6.67 Å². The molecule has 1 atom stereocenters. The molecule has 2 aromatic carbocycles. The van der Waals surface area contributed by atoms with Gasteiger partial charge in [-0.1, -0.05) is 6.07 Å². The molecule has 25 heavy (non-hydrogen) atoms. The number of halogens is 1. The normalized spacial score (nSPS) is 18.6. The third-order valence-corrected chi connectivity index (χ3v) is 5.31. The topological polar surface area (TPSA) is 52.9 Å². The van der Waals surface area contributed by atoms with Crippen LogP contribution < -0.4 is 4.74 Å². The van der Waals surface area contributed by atoms with Gasteiger partial charge in [0.2, 0.25) is 0 Å². The Morgan fingerprint density at radius 2 is 2.08 bits per heavy atom. The van der Waals surface area contributed by atoms with E-state index in [0.717, 1.165) is 30.5 Å². The van der Waals surface area contributed by atoms with E-state index in [1.165, 1.54) is 11.1 Å². The van der Waals surface area contributed by atoms with Gasteiger partial charge in [0.1, 0.15) is 5.75 Å².